The molecular weight excluding hydrogens is 340 g/mol. The van der Waals surface area contributed by atoms with Gasteiger partial charge in [0.1, 0.15) is 5.75 Å². The lowest BCUT2D eigenvalue weighted by Gasteiger charge is -2.27. The summed E-state index contributed by atoms with van der Waals surface area (Å²) in [6.07, 6.45) is 2.48. The number of benzene rings is 2. The number of halogens is 1. The van der Waals surface area contributed by atoms with Crippen LogP contribution in [0.3, 0.4) is 0 Å². The Balaban J connectivity index is 1.81. The summed E-state index contributed by atoms with van der Waals surface area (Å²) in [7, 11) is 1.50. The fourth-order valence-corrected chi connectivity index (χ4v) is 3.06. The number of anilines is 2. The Morgan fingerprint density at radius 2 is 2.04 bits per heavy atom. The zero-order chi connectivity index (χ0) is 17.8. The van der Waals surface area contributed by atoms with Gasteiger partial charge in [0.2, 0.25) is 5.91 Å². The third kappa shape index (κ3) is 3.94. The highest BCUT2D eigenvalue weighted by molar-refractivity contribution is 6.31. The fourth-order valence-electron chi connectivity index (χ4n) is 2.89. The quantitative estimate of drug-likeness (QED) is 0.894. The van der Waals surface area contributed by atoms with E-state index in [-0.39, 0.29) is 11.8 Å². The number of carbonyl (C=O) groups excluding carboxylic acids is 2. The lowest BCUT2D eigenvalue weighted by molar-refractivity contribution is -0.119. The van der Waals surface area contributed by atoms with Gasteiger partial charge >= 0.3 is 0 Å². The van der Waals surface area contributed by atoms with E-state index >= 15 is 0 Å². The van der Waals surface area contributed by atoms with Crippen molar-refractivity contribution in [1.82, 2.24) is 0 Å². The third-order valence-corrected chi connectivity index (χ3v) is 4.38. The molecule has 1 fully saturated rings. The average molecular weight is 359 g/mol. The molecular formula is C19H19ClN2O3. The molecule has 1 saturated heterocycles. The van der Waals surface area contributed by atoms with E-state index < -0.39 is 0 Å². The molecule has 0 aromatic heterocycles. The molecule has 1 N–H and O–H groups in total. The molecule has 0 spiro atoms. The monoisotopic (exact) mass is 358 g/mol. The van der Waals surface area contributed by atoms with Crippen molar-refractivity contribution in [3.8, 4) is 5.75 Å². The molecule has 0 saturated carbocycles. The zero-order valence-corrected chi connectivity index (χ0v) is 14.7. The third-order valence-electron chi connectivity index (χ3n) is 4.15. The molecule has 6 heteroatoms. The molecule has 0 radical (unpaired) electrons. The lowest BCUT2D eigenvalue weighted by Crippen LogP contribution is -2.35. The Morgan fingerprint density at radius 1 is 1.20 bits per heavy atom. The van der Waals surface area contributed by atoms with Gasteiger partial charge in [-0.1, -0.05) is 17.7 Å². The molecule has 0 bridgehead atoms. The number of nitrogens with one attached hydrogen (secondary N) is 1. The van der Waals surface area contributed by atoms with Gasteiger partial charge in [-0.25, -0.2) is 0 Å². The van der Waals surface area contributed by atoms with Gasteiger partial charge in [0.15, 0.2) is 0 Å². The Morgan fingerprint density at radius 3 is 2.80 bits per heavy atom. The molecule has 2 aromatic carbocycles. The molecule has 1 aliphatic rings. The molecule has 0 atom stereocenters. The van der Waals surface area contributed by atoms with Crippen molar-refractivity contribution in [1.29, 1.82) is 0 Å². The summed E-state index contributed by atoms with van der Waals surface area (Å²) >= 11 is 5.98. The number of hydrogen-bond donors (Lipinski definition) is 1. The number of nitrogens with zero attached hydrogens (tertiary/aromatic N) is 1. The lowest BCUT2D eigenvalue weighted by atomic mass is 10.1. The number of carbonyl (C=O) groups is 2. The summed E-state index contributed by atoms with van der Waals surface area (Å²) in [4.78, 5) is 26.4. The van der Waals surface area contributed by atoms with E-state index in [1.54, 1.807) is 35.2 Å². The van der Waals surface area contributed by atoms with Gasteiger partial charge in [0.25, 0.3) is 5.91 Å². The van der Waals surface area contributed by atoms with Crippen molar-refractivity contribution in [3.63, 3.8) is 0 Å². The van der Waals surface area contributed by atoms with Crippen molar-refractivity contribution >= 4 is 34.8 Å². The van der Waals surface area contributed by atoms with Crippen LogP contribution < -0.4 is 15.0 Å². The van der Waals surface area contributed by atoms with Gasteiger partial charge in [-0.15, -0.1) is 0 Å². The van der Waals surface area contributed by atoms with Crippen LogP contribution in [0.5, 0.6) is 5.75 Å². The number of piperidine rings is 1. The Kier molecular flexibility index (Phi) is 5.24. The maximum absolute atomic E-state index is 12.6. The predicted molar refractivity (Wildman–Crippen MR) is 98.6 cm³/mol. The average Bonchev–Trinajstić information content (AvgIpc) is 2.62. The van der Waals surface area contributed by atoms with Crippen molar-refractivity contribution in [2.45, 2.75) is 19.3 Å². The maximum atomic E-state index is 12.6. The second kappa shape index (κ2) is 7.57. The van der Waals surface area contributed by atoms with E-state index in [1.165, 1.54) is 7.11 Å². The van der Waals surface area contributed by atoms with Crippen LogP contribution in [0, 0.1) is 0 Å². The van der Waals surface area contributed by atoms with Crippen LogP contribution in [0.1, 0.15) is 29.6 Å². The minimum Gasteiger partial charge on any atom is -0.496 e. The Labute approximate surface area is 151 Å². The number of ether oxygens (including phenoxy) is 1. The van der Waals surface area contributed by atoms with Crippen LogP contribution in [0.2, 0.25) is 5.02 Å². The normalized spacial score (nSPS) is 14.3. The Bertz CT molecular complexity index is 807. The maximum Gasteiger partial charge on any atom is 0.259 e. The van der Waals surface area contributed by atoms with Gasteiger partial charge < -0.3 is 15.0 Å². The van der Waals surface area contributed by atoms with Crippen LogP contribution in [0.15, 0.2) is 42.5 Å². The van der Waals surface area contributed by atoms with Crippen LogP contribution in [-0.2, 0) is 4.79 Å². The van der Waals surface area contributed by atoms with Crippen molar-refractivity contribution < 1.29 is 14.3 Å². The largest absolute Gasteiger partial charge is 0.496 e. The molecule has 1 aliphatic heterocycles. The molecule has 25 heavy (non-hydrogen) atoms. The molecule has 2 aromatic rings. The van der Waals surface area contributed by atoms with Crippen LogP contribution in [0.25, 0.3) is 0 Å². The smallest absolute Gasteiger partial charge is 0.259 e. The van der Waals surface area contributed by atoms with Gasteiger partial charge in [0.05, 0.1) is 12.7 Å². The first-order chi connectivity index (χ1) is 12.1. The van der Waals surface area contributed by atoms with Crippen molar-refractivity contribution in [2.75, 3.05) is 23.9 Å². The molecule has 1 heterocycles. The van der Waals surface area contributed by atoms with E-state index in [0.717, 1.165) is 18.5 Å². The second-order valence-corrected chi connectivity index (χ2v) is 6.29. The Hall–Kier alpha value is -2.53. The van der Waals surface area contributed by atoms with Crippen molar-refractivity contribution in [2.24, 2.45) is 0 Å². The van der Waals surface area contributed by atoms with E-state index in [4.69, 9.17) is 16.3 Å². The topological polar surface area (TPSA) is 58.6 Å². The first kappa shape index (κ1) is 17.3. The van der Waals surface area contributed by atoms with Crippen LogP contribution in [-0.4, -0.2) is 25.5 Å². The first-order valence-corrected chi connectivity index (χ1v) is 8.51. The standard InChI is InChI=1S/C19H19ClN2O3/c1-25-17-9-8-13(20)11-16(17)19(24)21-14-5-4-6-15(12-14)22-10-3-2-7-18(22)23/h4-6,8-9,11-12H,2-3,7,10H2,1H3,(H,21,24). The highest BCUT2D eigenvalue weighted by Crippen LogP contribution is 2.26. The SMILES string of the molecule is COc1ccc(Cl)cc1C(=O)Nc1cccc(N2CCCCC2=O)c1. The van der Waals surface area contributed by atoms with Gasteiger partial charge in [0, 0.05) is 29.4 Å². The molecule has 0 unspecified atom stereocenters. The zero-order valence-electron chi connectivity index (χ0n) is 13.9. The molecule has 5 nitrogen and oxygen atoms in total. The number of hydrogen-bond acceptors (Lipinski definition) is 3. The minimum atomic E-state index is -0.318. The van der Waals surface area contributed by atoms with E-state index in [9.17, 15) is 9.59 Å². The fraction of sp³-hybridized carbons (Fsp3) is 0.263. The summed E-state index contributed by atoms with van der Waals surface area (Å²) in [5, 5.41) is 3.30. The highest BCUT2D eigenvalue weighted by Gasteiger charge is 2.20. The minimum absolute atomic E-state index is 0.117. The molecule has 0 aliphatic carbocycles. The number of amides is 2. The van der Waals surface area contributed by atoms with Crippen LogP contribution in [0.4, 0.5) is 11.4 Å². The predicted octanol–water partition coefficient (Wildman–Crippen LogP) is 4.12. The van der Waals surface area contributed by atoms with Gasteiger partial charge in [-0.2, -0.15) is 0 Å². The highest BCUT2D eigenvalue weighted by atomic mass is 35.5. The van der Waals surface area contributed by atoms with Gasteiger partial charge in [-0.3, -0.25) is 9.59 Å². The molecule has 130 valence electrons. The summed E-state index contributed by atoms with van der Waals surface area (Å²) in [5.74, 6) is 0.247. The molecule has 2 amide bonds. The van der Waals surface area contributed by atoms with E-state index in [0.29, 0.717) is 35.0 Å². The summed E-state index contributed by atoms with van der Waals surface area (Å²) in [6, 6.07) is 12.2. The first-order valence-electron chi connectivity index (χ1n) is 8.14. The molecule has 3 rings (SSSR count). The van der Waals surface area contributed by atoms with Crippen molar-refractivity contribution in [3.05, 3.63) is 53.1 Å². The van der Waals surface area contributed by atoms with E-state index in [2.05, 4.69) is 5.32 Å². The summed E-state index contributed by atoms with van der Waals surface area (Å²) < 4.78 is 5.22. The summed E-state index contributed by atoms with van der Waals surface area (Å²) in [5.41, 5.74) is 1.76. The van der Waals surface area contributed by atoms with Crippen LogP contribution >= 0.6 is 11.6 Å². The van der Waals surface area contributed by atoms with Gasteiger partial charge in [-0.05, 0) is 49.2 Å². The van der Waals surface area contributed by atoms with E-state index in [1.807, 2.05) is 12.1 Å². The second-order valence-electron chi connectivity index (χ2n) is 5.85. The number of rotatable bonds is 4. The number of methoxy groups -OCH3 is 1. The summed E-state index contributed by atoms with van der Waals surface area (Å²) in [6.45, 7) is 0.707.